The van der Waals surface area contributed by atoms with Gasteiger partial charge in [-0.25, -0.2) is 0 Å². The van der Waals surface area contributed by atoms with Gasteiger partial charge in [0.05, 0.1) is 0 Å². The van der Waals surface area contributed by atoms with E-state index in [1.165, 1.54) is 103 Å². The summed E-state index contributed by atoms with van der Waals surface area (Å²) in [5.74, 6) is -0.954. The molecular formula is C59H100O6. The lowest BCUT2D eigenvalue weighted by molar-refractivity contribution is -0.167. The minimum absolute atomic E-state index is 0.0975. The Morgan fingerprint density at radius 1 is 0.323 bits per heavy atom. The van der Waals surface area contributed by atoms with Crippen LogP contribution in [-0.4, -0.2) is 37.2 Å². The lowest BCUT2D eigenvalue weighted by atomic mass is 10.1. The van der Waals surface area contributed by atoms with Gasteiger partial charge in [-0.3, -0.25) is 14.4 Å². The zero-order valence-corrected chi connectivity index (χ0v) is 42.5. The largest absolute Gasteiger partial charge is 0.462 e. The van der Waals surface area contributed by atoms with Crippen molar-refractivity contribution >= 4 is 17.9 Å². The molecular weight excluding hydrogens is 805 g/mol. The number of hydrogen-bond acceptors (Lipinski definition) is 6. The van der Waals surface area contributed by atoms with Gasteiger partial charge in [0, 0.05) is 19.3 Å². The molecule has 1 atom stereocenters. The second-order valence-corrected chi connectivity index (χ2v) is 17.7. The quantitative estimate of drug-likeness (QED) is 0.0262. The first-order chi connectivity index (χ1) is 32.0. The molecule has 6 heteroatoms. The number of unbranched alkanes of at least 4 members (excludes halogenated alkanes) is 23. The van der Waals surface area contributed by atoms with Crippen LogP contribution in [0, 0.1) is 0 Å². The highest BCUT2D eigenvalue weighted by Crippen LogP contribution is 2.14. The van der Waals surface area contributed by atoms with E-state index in [-0.39, 0.29) is 31.1 Å². The van der Waals surface area contributed by atoms with Gasteiger partial charge in [-0.1, -0.05) is 202 Å². The van der Waals surface area contributed by atoms with Gasteiger partial charge in [-0.05, 0) is 116 Å². The summed E-state index contributed by atoms with van der Waals surface area (Å²) in [7, 11) is 0. The Bertz CT molecular complexity index is 1270. The third-order valence-corrected chi connectivity index (χ3v) is 11.4. The van der Waals surface area contributed by atoms with Crippen LogP contribution in [0.1, 0.15) is 252 Å². The molecule has 0 aromatic rings. The Morgan fingerprint density at radius 3 is 1.02 bits per heavy atom. The highest BCUT2D eigenvalue weighted by Gasteiger charge is 2.19. The van der Waals surface area contributed by atoms with Crippen molar-refractivity contribution in [3.05, 3.63) is 85.1 Å². The molecule has 0 rings (SSSR count). The predicted octanol–water partition coefficient (Wildman–Crippen LogP) is 18.0. The summed E-state index contributed by atoms with van der Waals surface area (Å²) in [6, 6.07) is 0. The van der Waals surface area contributed by atoms with E-state index in [9.17, 15) is 14.4 Å². The molecule has 0 heterocycles. The Morgan fingerprint density at radius 2 is 0.600 bits per heavy atom. The number of rotatable bonds is 48. The minimum atomic E-state index is -0.801. The van der Waals surface area contributed by atoms with Crippen molar-refractivity contribution in [2.24, 2.45) is 0 Å². The Balaban J connectivity index is 4.47. The van der Waals surface area contributed by atoms with Gasteiger partial charge in [0.2, 0.25) is 0 Å². The third kappa shape index (κ3) is 51.4. The van der Waals surface area contributed by atoms with Gasteiger partial charge in [-0.15, -0.1) is 0 Å². The molecule has 0 saturated carbocycles. The predicted molar refractivity (Wildman–Crippen MR) is 279 cm³/mol. The highest BCUT2D eigenvalue weighted by molar-refractivity contribution is 5.71. The van der Waals surface area contributed by atoms with Crippen LogP contribution in [0.2, 0.25) is 0 Å². The van der Waals surface area contributed by atoms with Gasteiger partial charge in [0.1, 0.15) is 13.2 Å². The molecule has 0 aromatic heterocycles. The number of carbonyl (C=O) groups excluding carboxylic acids is 3. The fraction of sp³-hybridized carbons (Fsp3) is 0.712. The van der Waals surface area contributed by atoms with E-state index < -0.39 is 6.10 Å². The van der Waals surface area contributed by atoms with Gasteiger partial charge in [-0.2, -0.15) is 0 Å². The lowest BCUT2D eigenvalue weighted by Crippen LogP contribution is -2.30. The zero-order valence-electron chi connectivity index (χ0n) is 42.5. The van der Waals surface area contributed by atoms with E-state index in [1.54, 1.807) is 0 Å². The molecule has 372 valence electrons. The van der Waals surface area contributed by atoms with Crippen LogP contribution in [-0.2, 0) is 28.6 Å². The van der Waals surface area contributed by atoms with Crippen molar-refractivity contribution in [3.63, 3.8) is 0 Å². The van der Waals surface area contributed by atoms with Crippen LogP contribution in [0.15, 0.2) is 85.1 Å². The van der Waals surface area contributed by atoms with Crippen LogP contribution in [0.25, 0.3) is 0 Å². The summed E-state index contributed by atoms with van der Waals surface area (Å²) in [5, 5.41) is 0. The maximum absolute atomic E-state index is 12.8. The fourth-order valence-electron chi connectivity index (χ4n) is 7.28. The molecule has 6 nitrogen and oxygen atoms in total. The molecule has 0 spiro atoms. The fourth-order valence-corrected chi connectivity index (χ4v) is 7.28. The van der Waals surface area contributed by atoms with Crippen molar-refractivity contribution < 1.29 is 28.6 Å². The number of hydrogen-bond donors (Lipinski definition) is 0. The van der Waals surface area contributed by atoms with E-state index in [4.69, 9.17) is 14.2 Å². The van der Waals surface area contributed by atoms with E-state index in [1.807, 2.05) is 0 Å². The molecule has 0 radical (unpaired) electrons. The molecule has 0 fully saturated rings. The minimum Gasteiger partial charge on any atom is -0.462 e. The van der Waals surface area contributed by atoms with Crippen LogP contribution < -0.4 is 0 Å². The van der Waals surface area contributed by atoms with Gasteiger partial charge < -0.3 is 14.2 Å². The maximum atomic E-state index is 12.8. The second kappa shape index (κ2) is 53.2. The molecule has 0 aliphatic heterocycles. The molecule has 0 aliphatic carbocycles. The Labute approximate surface area is 401 Å². The van der Waals surface area contributed by atoms with E-state index in [0.717, 1.165) is 109 Å². The Kier molecular flexibility index (Phi) is 50.4. The third-order valence-electron chi connectivity index (χ3n) is 11.4. The van der Waals surface area contributed by atoms with Crippen molar-refractivity contribution in [2.45, 2.75) is 258 Å². The summed E-state index contributed by atoms with van der Waals surface area (Å²) < 4.78 is 16.8. The highest BCUT2D eigenvalue weighted by atomic mass is 16.6. The van der Waals surface area contributed by atoms with Crippen LogP contribution >= 0.6 is 0 Å². The first-order valence-corrected chi connectivity index (χ1v) is 27.1. The van der Waals surface area contributed by atoms with Crippen molar-refractivity contribution in [1.29, 1.82) is 0 Å². The molecule has 0 aliphatic rings. The van der Waals surface area contributed by atoms with Crippen molar-refractivity contribution in [1.82, 2.24) is 0 Å². The van der Waals surface area contributed by atoms with E-state index >= 15 is 0 Å². The standard InChI is InChI=1S/C59H100O6/c1-4-7-10-13-16-19-22-25-28-29-32-34-37-40-43-46-49-52-58(61)64-55-56(65-59(62)53-50-47-44-41-38-35-31-27-24-21-18-15-12-9-6-3)54-63-57(60)51-48-45-42-39-36-33-30-26-23-20-17-14-11-8-5-2/h8,11,16-17,19-20,25-28,30-31,36,39,56H,4-7,9-10,12-15,18,21-24,29,32-35,37-38,40-55H2,1-3H3/b11-8-,19-16-,20-17-,28-25-,30-26-,31-27-,39-36-/t56-/m1/s1. The maximum Gasteiger partial charge on any atom is 0.306 e. The van der Waals surface area contributed by atoms with Gasteiger partial charge in [0.25, 0.3) is 0 Å². The van der Waals surface area contributed by atoms with E-state index in [2.05, 4.69) is 106 Å². The van der Waals surface area contributed by atoms with Crippen LogP contribution in [0.3, 0.4) is 0 Å². The number of ether oxygens (including phenoxy) is 3. The topological polar surface area (TPSA) is 78.9 Å². The van der Waals surface area contributed by atoms with Crippen molar-refractivity contribution in [2.75, 3.05) is 13.2 Å². The molecule has 0 N–H and O–H groups in total. The molecule has 0 bridgehead atoms. The number of allylic oxidation sites excluding steroid dienone is 14. The summed E-state index contributed by atoms with van der Waals surface area (Å²) in [5.41, 5.74) is 0. The molecule has 65 heavy (non-hydrogen) atoms. The summed E-state index contributed by atoms with van der Waals surface area (Å²) in [6.07, 6.45) is 68.5. The van der Waals surface area contributed by atoms with E-state index in [0.29, 0.717) is 19.3 Å². The smallest absolute Gasteiger partial charge is 0.306 e. The first-order valence-electron chi connectivity index (χ1n) is 27.1. The number of carbonyl (C=O) groups is 3. The molecule has 0 aromatic carbocycles. The first kappa shape index (κ1) is 61.6. The molecule has 0 saturated heterocycles. The summed E-state index contributed by atoms with van der Waals surface area (Å²) in [6.45, 7) is 6.45. The van der Waals surface area contributed by atoms with Crippen molar-refractivity contribution in [3.8, 4) is 0 Å². The monoisotopic (exact) mass is 905 g/mol. The molecule has 0 amide bonds. The average molecular weight is 905 g/mol. The van der Waals surface area contributed by atoms with Gasteiger partial charge >= 0.3 is 17.9 Å². The second-order valence-electron chi connectivity index (χ2n) is 17.7. The zero-order chi connectivity index (χ0) is 47.2. The average Bonchev–Trinajstić information content (AvgIpc) is 3.30. The number of esters is 3. The van der Waals surface area contributed by atoms with Crippen LogP contribution in [0.5, 0.6) is 0 Å². The normalized spacial score (nSPS) is 12.7. The SMILES string of the molecule is CC/C=C\C/C=C\C/C=C\C/C=C\CCCCC(=O)OC[C@H](COC(=O)CCCCCCCCC/C=C\C/C=C\CCCCC)OC(=O)CCCCCCC/C=C\CCCCCCCC. The summed E-state index contributed by atoms with van der Waals surface area (Å²) >= 11 is 0. The molecule has 0 unspecified atom stereocenters. The van der Waals surface area contributed by atoms with Gasteiger partial charge in [0.15, 0.2) is 6.10 Å². The summed E-state index contributed by atoms with van der Waals surface area (Å²) in [4.78, 5) is 38.0. The Hall–Kier alpha value is -3.41. The lowest BCUT2D eigenvalue weighted by Gasteiger charge is -2.18. The van der Waals surface area contributed by atoms with Crippen LogP contribution in [0.4, 0.5) is 0 Å².